The molecule has 0 spiro atoms. The van der Waals surface area contributed by atoms with Gasteiger partial charge in [-0.05, 0) is 36.4 Å². The zero-order valence-electron chi connectivity index (χ0n) is 11.5. The monoisotopic (exact) mass is 397 g/mol. The standard InChI is InChI=1S/C13H20FN3S.HI/c1-15-13(17(2)3)16-9-4-10-18-12-7-5-11(14)6-8-12;/h5-8H,4,9-10H2,1-3H3,(H,15,16);1H. The molecule has 108 valence electrons. The highest BCUT2D eigenvalue weighted by molar-refractivity contribution is 14.0. The Balaban J connectivity index is 0.00000324. The summed E-state index contributed by atoms with van der Waals surface area (Å²) in [4.78, 5) is 7.19. The molecule has 0 amide bonds. The second kappa shape index (κ2) is 10.3. The molecule has 1 aromatic rings. The van der Waals surface area contributed by atoms with Gasteiger partial charge < -0.3 is 10.2 Å². The van der Waals surface area contributed by atoms with Gasteiger partial charge >= 0.3 is 0 Å². The number of nitrogens with one attached hydrogen (secondary N) is 1. The molecule has 1 N–H and O–H groups in total. The summed E-state index contributed by atoms with van der Waals surface area (Å²) in [5.41, 5.74) is 0. The topological polar surface area (TPSA) is 27.6 Å². The minimum Gasteiger partial charge on any atom is -0.356 e. The third-order valence-corrected chi connectivity index (χ3v) is 3.42. The quantitative estimate of drug-likeness (QED) is 0.272. The van der Waals surface area contributed by atoms with Crippen LogP contribution in [0.2, 0.25) is 0 Å². The molecule has 0 fully saturated rings. The Morgan fingerprint density at radius 2 is 1.95 bits per heavy atom. The van der Waals surface area contributed by atoms with Gasteiger partial charge in [-0.2, -0.15) is 0 Å². The van der Waals surface area contributed by atoms with Gasteiger partial charge in [-0.3, -0.25) is 4.99 Å². The van der Waals surface area contributed by atoms with Crippen molar-refractivity contribution in [3.63, 3.8) is 0 Å². The fourth-order valence-electron chi connectivity index (χ4n) is 1.43. The lowest BCUT2D eigenvalue weighted by Gasteiger charge is -2.16. The average Bonchev–Trinajstić information content (AvgIpc) is 2.35. The fraction of sp³-hybridized carbons (Fsp3) is 0.462. The van der Waals surface area contributed by atoms with E-state index in [1.807, 2.05) is 31.1 Å². The summed E-state index contributed by atoms with van der Waals surface area (Å²) < 4.78 is 12.7. The number of nitrogens with zero attached hydrogens (tertiary/aromatic N) is 2. The average molecular weight is 397 g/mol. The summed E-state index contributed by atoms with van der Waals surface area (Å²) in [5, 5.41) is 3.27. The van der Waals surface area contributed by atoms with Crippen LogP contribution in [0.1, 0.15) is 6.42 Å². The molecule has 19 heavy (non-hydrogen) atoms. The fourth-order valence-corrected chi connectivity index (χ4v) is 2.28. The van der Waals surface area contributed by atoms with Crippen molar-refractivity contribution in [2.24, 2.45) is 4.99 Å². The zero-order valence-corrected chi connectivity index (χ0v) is 14.7. The smallest absolute Gasteiger partial charge is 0.193 e. The minimum absolute atomic E-state index is 0. The summed E-state index contributed by atoms with van der Waals surface area (Å²) in [7, 11) is 5.70. The second-order valence-corrected chi connectivity index (χ2v) is 5.19. The van der Waals surface area contributed by atoms with Crippen molar-refractivity contribution in [3.05, 3.63) is 30.1 Å². The number of benzene rings is 1. The molecule has 0 aliphatic heterocycles. The van der Waals surface area contributed by atoms with Gasteiger partial charge in [0.1, 0.15) is 5.82 Å². The Morgan fingerprint density at radius 1 is 1.32 bits per heavy atom. The van der Waals surface area contributed by atoms with Gasteiger partial charge in [-0.25, -0.2) is 4.39 Å². The van der Waals surface area contributed by atoms with Crippen molar-refractivity contribution in [1.29, 1.82) is 0 Å². The first kappa shape index (κ1) is 18.5. The van der Waals surface area contributed by atoms with E-state index in [9.17, 15) is 4.39 Å². The summed E-state index contributed by atoms with van der Waals surface area (Å²) in [6.45, 7) is 0.888. The minimum atomic E-state index is -0.184. The van der Waals surface area contributed by atoms with Gasteiger partial charge in [-0.15, -0.1) is 35.7 Å². The molecule has 1 rings (SSSR count). The van der Waals surface area contributed by atoms with Crippen molar-refractivity contribution in [1.82, 2.24) is 10.2 Å². The van der Waals surface area contributed by atoms with Gasteiger partial charge in [0.05, 0.1) is 0 Å². The third-order valence-electron chi connectivity index (χ3n) is 2.32. The van der Waals surface area contributed by atoms with E-state index in [0.717, 1.165) is 29.6 Å². The van der Waals surface area contributed by atoms with Gasteiger partial charge in [0, 0.05) is 32.6 Å². The van der Waals surface area contributed by atoms with Gasteiger partial charge in [-0.1, -0.05) is 0 Å². The van der Waals surface area contributed by atoms with Crippen LogP contribution in [0.25, 0.3) is 0 Å². The molecule has 0 saturated heterocycles. The lowest BCUT2D eigenvalue weighted by molar-refractivity contribution is 0.582. The van der Waals surface area contributed by atoms with E-state index in [1.54, 1.807) is 18.8 Å². The molecule has 0 unspecified atom stereocenters. The predicted octanol–water partition coefficient (Wildman–Crippen LogP) is 3.06. The largest absolute Gasteiger partial charge is 0.356 e. The van der Waals surface area contributed by atoms with Crippen molar-refractivity contribution in [2.75, 3.05) is 33.4 Å². The van der Waals surface area contributed by atoms with Crippen LogP contribution in [-0.4, -0.2) is 44.3 Å². The van der Waals surface area contributed by atoms with Gasteiger partial charge in [0.15, 0.2) is 5.96 Å². The molecular weight excluding hydrogens is 376 g/mol. The van der Waals surface area contributed by atoms with E-state index in [-0.39, 0.29) is 29.8 Å². The molecule has 0 bridgehead atoms. The van der Waals surface area contributed by atoms with E-state index in [2.05, 4.69) is 10.3 Å². The molecule has 0 radical (unpaired) electrons. The van der Waals surface area contributed by atoms with Gasteiger partial charge in [0.2, 0.25) is 0 Å². The molecule has 0 heterocycles. The number of aliphatic imine (C=N–C) groups is 1. The van der Waals surface area contributed by atoms with Crippen LogP contribution >= 0.6 is 35.7 Å². The van der Waals surface area contributed by atoms with E-state index in [4.69, 9.17) is 0 Å². The Labute approximate surface area is 136 Å². The van der Waals surface area contributed by atoms with E-state index >= 15 is 0 Å². The van der Waals surface area contributed by atoms with Crippen LogP contribution in [0.4, 0.5) is 4.39 Å². The number of halogens is 2. The molecule has 0 saturated carbocycles. The molecule has 0 aromatic heterocycles. The van der Waals surface area contributed by atoms with Crippen molar-refractivity contribution >= 4 is 41.7 Å². The third kappa shape index (κ3) is 7.61. The van der Waals surface area contributed by atoms with Gasteiger partial charge in [0.25, 0.3) is 0 Å². The number of hydrogen-bond donors (Lipinski definition) is 1. The highest BCUT2D eigenvalue weighted by atomic mass is 127. The van der Waals surface area contributed by atoms with Crippen LogP contribution in [0, 0.1) is 5.82 Å². The Morgan fingerprint density at radius 3 is 2.47 bits per heavy atom. The molecule has 6 heteroatoms. The lowest BCUT2D eigenvalue weighted by atomic mass is 10.4. The highest BCUT2D eigenvalue weighted by Crippen LogP contribution is 2.18. The Kier molecular flexibility index (Phi) is 10.0. The molecule has 0 atom stereocenters. The molecule has 0 aliphatic rings. The molecular formula is C13H21FIN3S. The zero-order chi connectivity index (χ0) is 13.4. The number of guanidine groups is 1. The first-order chi connectivity index (χ1) is 8.63. The Hall–Kier alpha value is -0.500. The van der Waals surface area contributed by atoms with E-state index in [0.29, 0.717) is 0 Å². The number of rotatable bonds is 5. The van der Waals surface area contributed by atoms with E-state index in [1.165, 1.54) is 12.1 Å². The first-order valence-electron chi connectivity index (χ1n) is 5.90. The lowest BCUT2D eigenvalue weighted by Crippen LogP contribution is -2.36. The van der Waals surface area contributed by atoms with Crippen LogP contribution in [0.3, 0.4) is 0 Å². The maximum Gasteiger partial charge on any atom is 0.193 e. The van der Waals surface area contributed by atoms with Crippen molar-refractivity contribution in [2.45, 2.75) is 11.3 Å². The highest BCUT2D eigenvalue weighted by Gasteiger charge is 1.99. The number of hydrogen-bond acceptors (Lipinski definition) is 2. The van der Waals surface area contributed by atoms with Crippen LogP contribution in [-0.2, 0) is 0 Å². The van der Waals surface area contributed by atoms with Crippen LogP contribution < -0.4 is 5.32 Å². The molecule has 0 aliphatic carbocycles. The summed E-state index contributed by atoms with van der Waals surface area (Å²) in [6, 6.07) is 6.61. The maximum absolute atomic E-state index is 12.7. The van der Waals surface area contributed by atoms with Crippen molar-refractivity contribution < 1.29 is 4.39 Å². The summed E-state index contributed by atoms with van der Waals surface area (Å²) in [5.74, 6) is 1.71. The molecule has 1 aromatic carbocycles. The summed E-state index contributed by atoms with van der Waals surface area (Å²) in [6.07, 6.45) is 1.04. The normalized spacial score (nSPS) is 10.8. The van der Waals surface area contributed by atoms with E-state index < -0.39 is 0 Å². The maximum atomic E-state index is 12.7. The Bertz CT molecular complexity index is 382. The number of thioether (sulfide) groups is 1. The van der Waals surface area contributed by atoms with Crippen molar-refractivity contribution in [3.8, 4) is 0 Å². The first-order valence-corrected chi connectivity index (χ1v) is 6.88. The molecule has 3 nitrogen and oxygen atoms in total. The SMILES string of the molecule is CN=C(NCCCSc1ccc(F)cc1)N(C)C.I. The second-order valence-electron chi connectivity index (χ2n) is 4.02. The predicted molar refractivity (Wildman–Crippen MR) is 92.2 cm³/mol. The summed E-state index contributed by atoms with van der Waals surface area (Å²) >= 11 is 1.74. The van der Waals surface area contributed by atoms with Crippen LogP contribution in [0.15, 0.2) is 34.2 Å². The van der Waals surface area contributed by atoms with Crippen LogP contribution in [0.5, 0.6) is 0 Å².